The number of nitrogens with zero attached hydrogens (tertiary/aromatic N) is 2. The highest BCUT2D eigenvalue weighted by atomic mass is 16.5. The van der Waals surface area contributed by atoms with Crippen LogP contribution < -0.4 is 10.6 Å². The molecule has 0 amide bonds. The molecule has 3 rings (SSSR count). The van der Waals surface area contributed by atoms with Gasteiger partial charge in [0.2, 0.25) is 0 Å². The summed E-state index contributed by atoms with van der Waals surface area (Å²) in [6.45, 7) is 0. The molecular formula is C17H20N4O2. The van der Waals surface area contributed by atoms with Crippen molar-refractivity contribution < 1.29 is 9.53 Å². The van der Waals surface area contributed by atoms with Gasteiger partial charge in [0.15, 0.2) is 0 Å². The number of benzene rings is 1. The molecule has 0 atom stereocenters. The standard InChI is InChI=1S/C17H20N4O2/c1-23-17(22)12-5-4-8-14(9-12)21-16-10-15(18-11-19-16)20-13-6-2-3-7-13/h4-5,8-11,13H,2-3,6-7H2,1H3,(H2,18,19,20,21). The number of esters is 1. The number of methoxy groups -OCH3 is 1. The van der Waals surface area contributed by atoms with Gasteiger partial charge < -0.3 is 15.4 Å². The number of carbonyl (C=O) groups is 1. The molecule has 0 radical (unpaired) electrons. The molecule has 120 valence electrons. The van der Waals surface area contributed by atoms with E-state index in [9.17, 15) is 4.79 Å². The molecule has 2 aromatic rings. The summed E-state index contributed by atoms with van der Waals surface area (Å²) in [6, 6.07) is 9.50. The molecule has 1 heterocycles. The zero-order chi connectivity index (χ0) is 16.1. The average molecular weight is 312 g/mol. The minimum atomic E-state index is -0.361. The number of hydrogen-bond donors (Lipinski definition) is 2. The molecule has 6 heteroatoms. The lowest BCUT2D eigenvalue weighted by Gasteiger charge is -2.13. The van der Waals surface area contributed by atoms with E-state index >= 15 is 0 Å². The molecule has 0 aliphatic heterocycles. The Morgan fingerprint density at radius 3 is 2.74 bits per heavy atom. The Bertz CT molecular complexity index is 684. The van der Waals surface area contributed by atoms with E-state index < -0.39 is 0 Å². The second-order valence-electron chi connectivity index (χ2n) is 5.61. The quantitative estimate of drug-likeness (QED) is 0.825. The molecule has 23 heavy (non-hydrogen) atoms. The summed E-state index contributed by atoms with van der Waals surface area (Å²) in [5.74, 6) is 1.14. The van der Waals surface area contributed by atoms with E-state index in [-0.39, 0.29) is 5.97 Å². The maximum Gasteiger partial charge on any atom is 0.337 e. The molecule has 2 N–H and O–H groups in total. The highest BCUT2D eigenvalue weighted by molar-refractivity contribution is 5.90. The summed E-state index contributed by atoms with van der Waals surface area (Å²) in [4.78, 5) is 20.1. The van der Waals surface area contributed by atoms with Crippen LogP contribution in [0.25, 0.3) is 0 Å². The van der Waals surface area contributed by atoms with Crippen molar-refractivity contribution in [1.29, 1.82) is 0 Å². The van der Waals surface area contributed by atoms with E-state index in [1.165, 1.54) is 39.1 Å². The fourth-order valence-electron chi connectivity index (χ4n) is 2.77. The third-order valence-corrected chi connectivity index (χ3v) is 3.93. The van der Waals surface area contributed by atoms with E-state index in [2.05, 4.69) is 20.6 Å². The number of anilines is 3. The van der Waals surface area contributed by atoms with Crippen molar-refractivity contribution >= 4 is 23.3 Å². The largest absolute Gasteiger partial charge is 0.465 e. The summed E-state index contributed by atoms with van der Waals surface area (Å²) in [7, 11) is 1.37. The van der Waals surface area contributed by atoms with Crippen LogP contribution in [0.15, 0.2) is 36.7 Å². The second kappa shape index (κ2) is 7.09. The van der Waals surface area contributed by atoms with Crippen LogP contribution in [-0.4, -0.2) is 29.1 Å². The van der Waals surface area contributed by atoms with Gasteiger partial charge in [-0.05, 0) is 31.0 Å². The normalized spacial score (nSPS) is 14.5. The summed E-state index contributed by atoms with van der Waals surface area (Å²) in [6.07, 6.45) is 6.45. The first-order chi connectivity index (χ1) is 11.2. The number of carbonyl (C=O) groups excluding carboxylic acids is 1. The number of rotatable bonds is 5. The van der Waals surface area contributed by atoms with Crippen LogP contribution in [0.1, 0.15) is 36.0 Å². The zero-order valence-corrected chi connectivity index (χ0v) is 13.1. The molecular weight excluding hydrogens is 292 g/mol. The maximum absolute atomic E-state index is 11.6. The Labute approximate surface area is 135 Å². The van der Waals surface area contributed by atoms with E-state index in [1.807, 2.05) is 12.1 Å². The fourth-order valence-corrected chi connectivity index (χ4v) is 2.77. The van der Waals surface area contributed by atoms with Crippen molar-refractivity contribution in [1.82, 2.24) is 9.97 Å². The van der Waals surface area contributed by atoms with Gasteiger partial charge in [-0.15, -0.1) is 0 Å². The van der Waals surface area contributed by atoms with E-state index in [0.717, 1.165) is 11.5 Å². The molecule has 0 bridgehead atoms. The van der Waals surface area contributed by atoms with Gasteiger partial charge in [-0.1, -0.05) is 18.9 Å². The van der Waals surface area contributed by atoms with Crippen LogP contribution in [0.2, 0.25) is 0 Å². The summed E-state index contributed by atoms with van der Waals surface area (Å²) in [5, 5.41) is 6.63. The predicted molar refractivity (Wildman–Crippen MR) is 89.0 cm³/mol. The third kappa shape index (κ3) is 3.97. The van der Waals surface area contributed by atoms with Crippen molar-refractivity contribution in [3.8, 4) is 0 Å². The maximum atomic E-state index is 11.6. The lowest BCUT2D eigenvalue weighted by Crippen LogP contribution is -2.15. The van der Waals surface area contributed by atoms with Crippen LogP contribution in [0.3, 0.4) is 0 Å². The van der Waals surface area contributed by atoms with Gasteiger partial charge in [-0.25, -0.2) is 14.8 Å². The Kier molecular flexibility index (Phi) is 4.71. The first kappa shape index (κ1) is 15.3. The molecule has 0 spiro atoms. The Morgan fingerprint density at radius 1 is 1.17 bits per heavy atom. The first-order valence-corrected chi connectivity index (χ1v) is 7.78. The van der Waals surface area contributed by atoms with Crippen LogP contribution >= 0.6 is 0 Å². The molecule has 1 fully saturated rings. The minimum absolute atomic E-state index is 0.361. The SMILES string of the molecule is COC(=O)c1cccc(Nc2cc(NC3CCCC3)ncn2)c1. The van der Waals surface area contributed by atoms with Gasteiger partial charge in [0, 0.05) is 17.8 Å². The van der Waals surface area contributed by atoms with Crippen molar-refractivity contribution in [2.45, 2.75) is 31.7 Å². The third-order valence-electron chi connectivity index (χ3n) is 3.93. The highest BCUT2D eigenvalue weighted by Crippen LogP contribution is 2.23. The van der Waals surface area contributed by atoms with Crippen LogP contribution in [0, 0.1) is 0 Å². The molecule has 6 nitrogen and oxygen atoms in total. The fraction of sp³-hybridized carbons (Fsp3) is 0.353. The molecule has 1 saturated carbocycles. The van der Waals surface area contributed by atoms with Crippen LogP contribution in [-0.2, 0) is 4.74 Å². The van der Waals surface area contributed by atoms with Gasteiger partial charge in [0.05, 0.1) is 12.7 Å². The number of hydrogen-bond acceptors (Lipinski definition) is 6. The Balaban J connectivity index is 1.71. The van der Waals surface area contributed by atoms with Gasteiger partial charge in [0.1, 0.15) is 18.0 Å². The highest BCUT2D eigenvalue weighted by Gasteiger charge is 2.15. The van der Waals surface area contributed by atoms with Gasteiger partial charge in [-0.3, -0.25) is 0 Å². The van der Waals surface area contributed by atoms with Crippen molar-refractivity contribution in [2.75, 3.05) is 17.7 Å². The van der Waals surface area contributed by atoms with Crippen LogP contribution in [0.4, 0.5) is 17.3 Å². The van der Waals surface area contributed by atoms with Gasteiger partial charge in [0.25, 0.3) is 0 Å². The predicted octanol–water partition coefficient (Wildman–Crippen LogP) is 3.36. The molecule has 1 aliphatic rings. The number of nitrogens with one attached hydrogen (secondary N) is 2. The molecule has 1 aromatic carbocycles. The van der Waals surface area contributed by atoms with Gasteiger partial charge in [-0.2, -0.15) is 0 Å². The zero-order valence-electron chi connectivity index (χ0n) is 13.1. The summed E-state index contributed by atoms with van der Waals surface area (Å²) < 4.78 is 4.73. The second-order valence-corrected chi connectivity index (χ2v) is 5.61. The molecule has 1 aromatic heterocycles. The van der Waals surface area contributed by atoms with E-state index in [0.29, 0.717) is 17.4 Å². The lowest BCUT2D eigenvalue weighted by molar-refractivity contribution is 0.0601. The van der Waals surface area contributed by atoms with Gasteiger partial charge >= 0.3 is 5.97 Å². The molecule has 1 aliphatic carbocycles. The van der Waals surface area contributed by atoms with E-state index in [1.54, 1.807) is 18.2 Å². The van der Waals surface area contributed by atoms with Crippen molar-refractivity contribution in [3.05, 3.63) is 42.2 Å². The summed E-state index contributed by atoms with van der Waals surface area (Å²) in [5.41, 5.74) is 1.27. The first-order valence-electron chi connectivity index (χ1n) is 7.78. The molecule has 0 unspecified atom stereocenters. The van der Waals surface area contributed by atoms with Crippen LogP contribution in [0.5, 0.6) is 0 Å². The van der Waals surface area contributed by atoms with Crippen molar-refractivity contribution in [3.63, 3.8) is 0 Å². The Morgan fingerprint density at radius 2 is 1.96 bits per heavy atom. The number of ether oxygens (including phenoxy) is 1. The Hall–Kier alpha value is -2.63. The number of aromatic nitrogens is 2. The smallest absolute Gasteiger partial charge is 0.337 e. The van der Waals surface area contributed by atoms with Crippen molar-refractivity contribution in [2.24, 2.45) is 0 Å². The average Bonchev–Trinajstić information content (AvgIpc) is 3.07. The topological polar surface area (TPSA) is 76.1 Å². The minimum Gasteiger partial charge on any atom is -0.465 e. The summed E-state index contributed by atoms with van der Waals surface area (Å²) >= 11 is 0. The lowest BCUT2D eigenvalue weighted by atomic mass is 10.2. The monoisotopic (exact) mass is 312 g/mol. The van der Waals surface area contributed by atoms with E-state index in [4.69, 9.17) is 4.74 Å². The molecule has 0 saturated heterocycles.